The van der Waals surface area contributed by atoms with Crippen LogP contribution in [0.3, 0.4) is 0 Å². The Morgan fingerprint density at radius 1 is 1.46 bits per heavy atom. The number of pyridine rings is 1. The lowest BCUT2D eigenvalue weighted by molar-refractivity contribution is -0.513. The summed E-state index contributed by atoms with van der Waals surface area (Å²) in [6.45, 7) is 4.81. The molecule has 0 saturated carbocycles. The molecule has 1 amide bonds. The topological polar surface area (TPSA) is 63.5 Å². The van der Waals surface area contributed by atoms with Crippen LogP contribution in [-0.2, 0) is 4.74 Å². The number of alkyl halides is 2. The first kappa shape index (κ1) is 18.3. The summed E-state index contributed by atoms with van der Waals surface area (Å²) in [5, 5.41) is 4.27. The lowest BCUT2D eigenvalue weighted by Gasteiger charge is -2.38. The van der Waals surface area contributed by atoms with Gasteiger partial charge in [0.05, 0.1) is 24.4 Å². The predicted octanol–water partition coefficient (Wildman–Crippen LogP) is 2.06. The Labute approximate surface area is 150 Å². The number of likely N-dealkylation sites (tertiary alicyclic amines) is 1. The summed E-state index contributed by atoms with van der Waals surface area (Å²) in [5.41, 5.74) is 2.92. The van der Waals surface area contributed by atoms with Gasteiger partial charge in [-0.05, 0) is 38.0 Å². The number of hydrogen-bond donors (Lipinski definition) is 1. The molecule has 0 radical (unpaired) electrons. The first-order valence-electron chi connectivity index (χ1n) is 8.59. The normalized spacial score (nSPS) is 20.2. The minimum absolute atomic E-state index is 0.0592. The molecule has 1 aliphatic heterocycles. The average molecular weight is 368 g/mol. The fourth-order valence-corrected chi connectivity index (χ4v) is 2.88. The first-order chi connectivity index (χ1) is 12.1. The van der Waals surface area contributed by atoms with Gasteiger partial charge in [-0.15, -0.1) is 0 Å². The number of aromatic nitrogens is 3. The molecule has 1 N–H and O–H groups in total. The maximum Gasteiger partial charge on any atom is 0.410 e. The van der Waals surface area contributed by atoms with Gasteiger partial charge in [0.1, 0.15) is 5.60 Å². The molecule has 142 valence electrons. The van der Waals surface area contributed by atoms with Crippen LogP contribution < -0.4 is 9.83 Å². The molecule has 3 rings (SSSR count). The largest absolute Gasteiger partial charge is 0.444 e. The van der Waals surface area contributed by atoms with Crippen LogP contribution in [0, 0.1) is 5.92 Å². The Balaban J connectivity index is 1.59. The molecular weight excluding hydrogens is 344 g/mol. The fraction of sp³-hybridized carbons (Fsp3) is 0.588. The third-order valence-corrected chi connectivity index (χ3v) is 4.21. The van der Waals surface area contributed by atoms with Gasteiger partial charge in [0.15, 0.2) is 0 Å². The van der Waals surface area contributed by atoms with Gasteiger partial charge in [-0.25, -0.2) is 23.4 Å². The quantitative estimate of drug-likeness (QED) is 0.843. The number of rotatable bonds is 3. The molecule has 2 aromatic heterocycles. The summed E-state index contributed by atoms with van der Waals surface area (Å²) < 4.78 is 36.0. The first-order valence-corrected chi connectivity index (χ1v) is 8.59. The smallest absolute Gasteiger partial charge is 0.410 e. The van der Waals surface area contributed by atoms with E-state index in [1.165, 1.54) is 4.79 Å². The van der Waals surface area contributed by atoms with E-state index in [0.717, 1.165) is 4.90 Å². The highest BCUT2D eigenvalue weighted by Crippen LogP contribution is 2.33. The van der Waals surface area contributed by atoms with Gasteiger partial charge in [0.2, 0.25) is 0 Å². The minimum Gasteiger partial charge on any atom is -0.444 e. The summed E-state index contributed by atoms with van der Waals surface area (Å²) in [5.74, 6) is -3.89. The lowest BCUT2D eigenvalue weighted by Crippen LogP contribution is -2.53. The maximum atomic E-state index is 14.5. The maximum absolute atomic E-state index is 14.5. The molecule has 0 unspecified atom stereocenters. The number of piperidine rings is 1. The molecule has 0 aliphatic carbocycles. The fourth-order valence-electron chi connectivity index (χ4n) is 2.88. The third kappa shape index (κ3) is 4.20. The highest BCUT2D eigenvalue weighted by Gasteiger charge is 2.46. The van der Waals surface area contributed by atoms with Gasteiger partial charge >= 0.3 is 11.7 Å². The van der Waals surface area contributed by atoms with Crippen molar-refractivity contribution in [3.63, 3.8) is 0 Å². The number of fused-ring (bicyclic) bond motifs is 1. The Morgan fingerprint density at radius 3 is 2.88 bits per heavy atom. The van der Waals surface area contributed by atoms with E-state index >= 15 is 0 Å². The van der Waals surface area contributed by atoms with Crippen molar-refractivity contribution in [1.82, 2.24) is 14.8 Å². The van der Waals surface area contributed by atoms with Crippen LogP contribution in [0.15, 0.2) is 30.7 Å². The monoisotopic (exact) mass is 368 g/mol. The van der Waals surface area contributed by atoms with Crippen molar-refractivity contribution in [2.24, 2.45) is 5.92 Å². The molecule has 1 aliphatic rings. The van der Waals surface area contributed by atoms with E-state index in [-0.39, 0.29) is 19.5 Å². The average Bonchev–Trinajstić information content (AvgIpc) is 2.94. The van der Waals surface area contributed by atoms with Gasteiger partial charge in [-0.1, -0.05) is 6.07 Å². The van der Waals surface area contributed by atoms with E-state index < -0.39 is 30.1 Å². The van der Waals surface area contributed by atoms with Crippen molar-refractivity contribution in [2.75, 3.05) is 25.1 Å². The van der Waals surface area contributed by atoms with E-state index in [1.807, 2.05) is 24.4 Å². The van der Waals surface area contributed by atoms with E-state index in [2.05, 4.69) is 10.5 Å². The summed E-state index contributed by atoms with van der Waals surface area (Å²) in [6, 6.07) is 5.54. The SMILES string of the molecule is CC(C)(C)OC(=O)N1CC[C@H](CNn2c[n+]3ccccc3n2)C(F)(F)C1. The second-order valence-electron chi connectivity index (χ2n) is 7.54. The molecule has 7 nitrogen and oxygen atoms in total. The van der Waals surface area contributed by atoms with E-state index in [9.17, 15) is 13.6 Å². The zero-order valence-corrected chi connectivity index (χ0v) is 15.2. The van der Waals surface area contributed by atoms with Gasteiger partial charge in [-0.3, -0.25) is 0 Å². The van der Waals surface area contributed by atoms with Gasteiger partial charge < -0.3 is 9.64 Å². The summed E-state index contributed by atoms with van der Waals surface area (Å²) in [6.07, 6.45) is 3.00. The Bertz CT molecular complexity index is 754. The molecule has 26 heavy (non-hydrogen) atoms. The molecule has 0 aromatic carbocycles. The van der Waals surface area contributed by atoms with Crippen molar-refractivity contribution >= 4 is 11.7 Å². The number of nitrogens with one attached hydrogen (secondary N) is 1. The number of amides is 1. The molecule has 0 spiro atoms. The number of nitrogens with zero attached hydrogens (tertiary/aromatic N) is 4. The molecular formula is C17H24F2N5O2+. The van der Waals surface area contributed by atoms with Crippen molar-refractivity contribution < 1.29 is 22.7 Å². The van der Waals surface area contributed by atoms with E-state index in [4.69, 9.17) is 4.74 Å². The number of carbonyl (C=O) groups is 1. The van der Waals surface area contributed by atoms with Crippen molar-refractivity contribution in [1.29, 1.82) is 0 Å². The highest BCUT2D eigenvalue weighted by atomic mass is 19.3. The Hall–Kier alpha value is -2.45. The molecule has 3 heterocycles. The molecule has 9 heteroatoms. The van der Waals surface area contributed by atoms with Crippen LogP contribution in [0.5, 0.6) is 0 Å². The second kappa shape index (κ2) is 6.69. The number of carbonyl (C=O) groups excluding carboxylic acids is 1. The standard InChI is InChI=1S/C17H24F2N5O2/c1-16(2,3)26-15(25)22-9-7-13(17(18,19)11-22)10-20-24-12-23-8-5-4-6-14(23)21-24/h4-6,8,12-13,20H,7,9-11H2,1-3H3/q+1/t13-/m1/s1. The van der Waals surface area contributed by atoms with Crippen molar-refractivity contribution in [2.45, 2.75) is 38.7 Å². The third-order valence-electron chi connectivity index (χ3n) is 4.21. The lowest BCUT2D eigenvalue weighted by atomic mass is 9.93. The Morgan fingerprint density at radius 2 is 2.23 bits per heavy atom. The van der Waals surface area contributed by atoms with Crippen LogP contribution in [0.25, 0.3) is 5.65 Å². The predicted molar refractivity (Wildman–Crippen MR) is 90.5 cm³/mol. The number of ether oxygens (including phenoxy) is 1. The van der Waals surface area contributed by atoms with Gasteiger partial charge in [0.25, 0.3) is 12.2 Å². The molecule has 2 aromatic rings. The number of hydrogen-bond acceptors (Lipinski definition) is 4. The van der Waals surface area contributed by atoms with E-state index in [0.29, 0.717) is 5.65 Å². The van der Waals surface area contributed by atoms with E-state index in [1.54, 1.807) is 31.5 Å². The number of halogens is 2. The van der Waals surface area contributed by atoms with Crippen LogP contribution in [-0.4, -0.2) is 52.0 Å². The molecule has 0 bridgehead atoms. The molecule has 1 fully saturated rings. The summed E-state index contributed by atoms with van der Waals surface area (Å²) in [7, 11) is 0. The summed E-state index contributed by atoms with van der Waals surface area (Å²) >= 11 is 0. The molecule has 1 atom stereocenters. The van der Waals surface area contributed by atoms with Crippen LogP contribution >= 0.6 is 0 Å². The zero-order chi connectivity index (χ0) is 18.9. The molecule has 1 saturated heterocycles. The highest BCUT2D eigenvalue weighted by molar-refractivity contribution is 5.68. The van der Waals surface area contributed by atoms with Crippen LogP contribution in [0.1, 0.15) is 27.2 Å². The van der Waals surface area contributed by atoms with Crippen LogP contribution in [0.4, 0.5) is 13.6 Å². The Kier molecular flexibility index (Phi) is 4.72. The van der Waals surface area contributed by atoms with Crippen molar-refractivity contribution in [3.8, 4) is 0 Å². The van der Waals surface area contributed by atoms with Crippen molar-refractivity contribution in [3.05, 3.63) is 30.7 Å². The van der Waals surface area contributed by atoms with Crippen LogP contribution in [0.2, 0.25) is 0 Å². The minimum atomic E-state index is -3.00. The van der Waals surface area contributed by atoms with Gasteiger partial charge in [-0.2, -0.15) is 0 Å². The summed E-state index contributed by atoms with van der Waals surface area (Å²) in [4.78, 5) is 14.5. The second-order valence-corrected chi connectivity index (χ2v) is 7.54. The zero-order valence-electron chi connectivity index (χ0n) is 15.2. The van der Waals surface area contributed by atoms with Gasteiger partial charge in [0, 0.05) is 18.5 Å².